The van der Waals surface area contributed by atoms with Crippen molar-refractivity contribution in [2.24, 2.45) is 0 Å². The Bertz CT molecular complexity index is 724. The van der Waals surface area contributed by atoms with Crippen LogP contribution < -0.4 is 4.90 Å². The summed E-state index contributed by atoms with van der Waals surface area (Å²) < 4.78 is 5.47. The van der Waals surface area contributed by atoms with E-state index in [1.807, 2.05) is 50.5 Å². The number of benzene rings is 2. The Morgan fingerprint density at radius 1 is 1.00 bits per heavy atom. The molecule has 4 heteroatoms. The van der Waals surface area contributed by atoms with Gasteiger partial charge in [-0.3, -0.25) is 4.79 Å². The van der Waals surface area contributed by atoms with Gasteiger partial charge in [0.2, 0.25) is 0 Å². The Morgan fingerprint density at radius 2 is 1.62 bits per heavy atom. The largest absolute Gasteiger partial charge is 0.378 e. The highest BCUT2D eigenvalue weighted by Crippen LogP contribution is 2.31. The summed E-state index contributed by atoms with van der Waals surface area (Å²) >= 11 is 0. The number of carbonyl (C=O) groups excluding carboxylic acids is 1. The third-order valence-corrected chi connectivity index (χ3v) is 5.26. The molecule has 0 radical (unpaired) electrons. The Balaban J connectivity index is 1.99. The number of ether oxygens (including phenoxy) is 1. The van der Waals surface area contributed by atoms with E-state index in [-0.39, 0.29) is 17.7 Å². The van der Waals surface area contributed by atoms with E-state index >= 15 is 0 Å². The zero-order chi connectivity index (χ0) is 18.5. The number of carbonyl (C=O) groups is 1. The fourth-order valence-electron chi connectivity index (χ4n) is 3.54. The minimum atomic E-state index is -0.201. The van der Waals surface area contributed by atoms with Crippen LogP contribution in [0.5, 0.6) is 0 Å². The number of rotatable bonds is 6. The van der Waals surface area contributed by atoms with Crippen LogP contribution in [0, 0.1) is 0 Å². The van der Waals surface area contributed by atoms with Crippen LogP contribution in [0.4, 0.5) is 5.69 Å². The minimum absolute atomic E-state index is 0.0997. The van der Waals surface area contributed by atoms with Crippen molar-refractivity contribution in [2.75, 3.05) is 45.3 Å². The lowest BCUT2D eigenvalue weighted by molar-refractivity contribution is 0.0912. The number of nitrogens with zero attached hydrogens (tertiary/aromatic N) is 2. The normalized spacial score (nSPS) is 17.2. The molecule has 2 aromatic rings. The Hall–Kier alpha value is -2.17. The number of morpholine rings is 1. The summed E-state index contributed by atoms with van der Waals surface area (Å²) in [5, 5.41) is 0. The highest BCUT2D eigenvalue weighted by atomic mass is 16.5. The van der Waals surface area contributed by atoms with Crippen LogP contribution >= 0.6 is 0 Å². The van der Waals surface area contributed by atoms with E-state index in [4.69, 9.17) is 4.74 Å². The van der Waals surface area contributed by atoms with E-state index in [2.05, 4.69) is 34.9 Å². The van der Waals surface area contributed by atoms with Crippen molar-refractivity contribution in [2.45, 2.75) is 18.9 Å². The maximum atomic E-state index is 13.7. The third kappa shape index (κ3) is 3.97. The highest BCUT2D eigenvalue weighted by Gasteiger charge is 2.31. The number of ketones is 1. The lowest BCUT2D eigenvalue weighted by atomic mass is 9.84. The maximum absolute atomic E-state index is 13.7. The van der Waals surface area contributed by atoms with E-state index in [0.29, 0.717) is 13.2 Å². The van der Waals surface area contributed by atoms with Crippen LogP contribution in [-0.4, -0.2) is 57.1 Å². The molecular formula is C22H28N2O2. The van der Waals surface area contributed by atoms with Crippen LogP contribution in [-0.2, 0) is 4.74 Å². The molecule has 1 aliphatic rings. The summed E-state index contributed by atoms with van der Waals surface area (Å²) in [6.45, 7) is 5.18. The molecule has 3 rings (SSSR count). The van der Waals surface area contributed by atoms with Gasteiger partial charge in [0.25, 0.3) is 0 Å². The molecule has 0 bridgehead atoms. The quantitative estimate of drug-likeness (QED) is 0.746. The second-order valence-corrected chi connectivity index (χ2v) is 7.07. The van der Waals surface area contributed by atoms with Gasteiger partial charge < -0.3 is 14.5 Å². The van der Waals surface area contributed by atoms with Crippen LogP contribution in [0.15, 0.2) is 54.6 Å². The maximum Gasteiger partial charge on any atom is 0.173 e. The van der Waals surface area contributed by atoms with Gasteiger partial charge in [0.05, 0.1) is 19.1 Å². The number of para-hydroxylation sites is 1. The molecule has 0 N–H and O–H groups in total. The number of likely N-dealkylation sites (N-methyl/N-ethyl adjacent to an activating group) is 1. The molecule has 0 saturated carbocycles. The monoisotopic (exact) mass is 352 g/mol. The molecule has 138 valence electrons. The second-order valence-electron chi connectivity index (χ2n) is 7.07. The van der Waals surface area contributed by atoms with Crippen LogP contribution in [0.2, 0.25) is 0 Å². The summed E-state index contributed by atoms with van der Waals surface area (Å²) in [6.07, 6.45) is 0. The van der Waals surface area contributed by atoms with E-state index < -0.39 is 0 Å². The van der Waals surface area contributed by atoms with Gasteiger partial charge >= 0.3 is 0 Å². The van der Waals surface area contributed by atoms with E-state index in [1.54, 1.807) is 0 Å². The van der Waals surface area contributed by atoms with Crippen molar-refractivity contribution < 1.29 is 9.53 Å². The first-order valence-corrected chi connectivity index (χ1v) is 9.27. The molecule has 1 saturated heterocycles. The molecule has 0 amide bonds. The smallest absolute Gasteiger partial charge is 0.173 e. The molecular weight excluding hydrogens is 324 g/mol. The predicted octanol–water partition coefficient (Wildman–Crippen LogP) is 3.44. The fraction of sp³-hybridized carbons (Fsp3) is 0.409. The fourth-order valence-corrected chi connectivity index (χ4v) is 3.54. The molecule has 26 heavy (non-hydrogen) atoms. The SMILES string of the molecule is CC(C(C(=O)c1ccccc1N1CCOCC1)c1ccccc1)N(C)C. The first-order valence-electron chi connectivity index (χ1n) is 9.27. The zero-order valence-corrected chi connectivity index (χ0v) is 15.9. The molecule has 0 spiro atoms. The highest BCUT2D eigenvalue weighted by molar-refractivity contribution is 6.05. The van der Waals surface area contributed by atoms with Crippen LogP contribution in [0.25, 0.3) is 0 Å². The molecule has 0 aliphatic carbocycles. The average molecular weight is 352 g/mol. The van der Waals surface area contributed by atoms with Gasteiger partial charge in [-0.25, -0.2) is 0 Å². The van der Waals surface area contributed by atoms with Gasteiger partial charge in [-0.05, 0) is 38.7 Å². The summed E-state index contributed by atoms with van der Waals surface area (Å²) in [4.78, 5) is 18.1. The summed E-state index contributed by atoms with van der Waals surface area (Å²) in [6, 6.07) is 18.2. The van der Waals surface area contributed by atoms with Crippen LogP contribution in [0.3, 0.4) is 0 Å². The Labute approximate surface area is 156 Å². The van der Waals surface area contributed by atoms with Crippen molar-refractivity contribution in [3.8, 4) is 0 Å². The molecule has 2 atom stereocenters. The molecule has 1 aliphatic heterocycles. The Morgan fingerprint density at radius 3 is 2.27 bits per heavy atom. The van der Waals surface area contributed by atoms with Crippen molar-refractivity contribution in [1.29, 1.82) is 0 Å². The molecule has 2 aromatic carbocycles. The topological polar surface area (TPSA) is 32.8 Å². The molecule has 4 nitrogen and oxygen atoms in total. The third-order valence-electron chi connectivity index (χ3n) is 5.26. The number of Topliss-reactive ketones (excluding diaryl/α,β-unsaturated/α-hetero) is 1. The van der Waals surface area contributed by atoms with E-state index in [0.717, 1.165) is 29.9 Å². The number of hydrogen-bond donors (Lipinski definition) is 0. The van der Waals surface area contributed by atoms with Gasteiger partial charge in [-0.15, -0.1) is 0 Å². The molecule has 0 aromatic heterocycles. The van der Waals surface area contributed by atoms with Gasteiger partial charge in [0, 0.05) is 30.4 Å². The van der Waals surface area contributed by atoms with E-state index in [1.165, 1.54) is 0 Å². The zero-order valence-electron chi connectivity index (χ0n) is 15.9. The van der Waals surface area contributed by atoms with Gasteiger partial charge in [-0.1, -0.05) is 42.5 Å². The van der Waals surface area contributed by atoms with E-state index in [9.17, 15) is 4.79 Å². The summed E-state index contributed by atoms with van der Waals surface area (Å²) in [5.74, 6) is -0.0205. The number of anilines is 1. The predicted molar refractivity (Wildman–Crippen MR) is 106 cm³/mol. The van der Waals surface area contributed by atoms with Crippen molar-refractivity contribution in [3.63, 3.8) is 0 Å². The van der Waals surface area contributed by atoms with Crippen molar-refractivity contribution in [3.05, 3.63) is 65.7 Å². The molecule has 2 unspecified atom stereocenters. The first kappa shape index (κ1) is 18.6. The van der Waals surface area contributed by atoms with Gasteiger partial charge in [-0.2, -0.15) is 0 Å². The van der Waals surface area contributed by atoms with Crippen molar-refractivity contribution >= 4 is 11.5 Å². The lowest BCUT2D eigenvalue weighted by Crippen LogP contribution is -2.39. The summed E-state index contributed by atoms with van der Waals surface area (Å²) in [5.41, 5.74) is 2.89. The first-order chi connectivity index (χ1) is 12.6. The average Bonchev–Trinajstić information content (AvgIpc) is 2.69. The Kier molecular flexibility index (Phi) is 6.07. The lowest BCUT2D eigenvalue weighted by Gasteiger charge is -2.33. The second kappa shape index (κ2) is 8.47. The molecule has 1 fully saturated rings. The standard InChI is InChI=1S/C22H28N2O2/c1-17(23(2)3)21(18-9-5-4-6-10-18)22(25)19-11-7-8-12-20(19)24-13-15-26-16-14-24/h4-12,17,21H,13-16H2,1-3H3. The number of hydrogen-bond acceptors (Lipinski definition) is 4. The van der Waals surface area contributed by atoms with Crippen LogP contribution in [0.1, 0.15) is 28.8 Å². The summed E-state index contributed by atoms with van der Waals surface area (Å²) in [7, 11) is 4.06. The molecule has 1 heterocycles. The van der Waals surface area contributed by atoms with Crippen molar-refractivity contribution in [1.82, 2.24) is 4.90 Å². The van der Waals surface area contributed by atoms with Gasteiger partial charge in [0.15, 0.2) is 5.78 Å². The van der Waals surface area contributed by atoms with Gasteiger partial charge in [0.1, 0.15) is 0 Å². The minimum Gasteiger partial charge on any atom is -0.378 e.